The third-order valence-electron chi connectivity index (χ3n) is 3.12. The first-order chi connectivity index (χ1) is 10.9. The maximum atomic E-state index is 8.95. The van der Waals surface area contributed by atoms with Crippen molar-refractivity contribution in [2.75, 3.05) is 12.4 Å². The van der Waals surface area contributed by atoms with Crippen LogP contribution < -0.4 is 0 Å². The van der Waals surface area contributed by atoms with E-state index in [1.165, 1.54) is 0 Å². The summed E-state index contributed by atoms with van der Waals surface area (Å²) in [5.41, 5.74) is 1.99. The van der Waals surface area contributed by atoms with Crippen molar-refractivity contribution < 1.29 is 5.11 Å². The van der Waals surface area contributed by atoms with Crippen molar-refractivity contribution in [2.24, 2.45) is 0 Å². The maximum Gasteiger partial charge on any atom is 0.196 e. The van der Waals surface area contributed by atoms with Crippen LogP contribution >= 0.6 is 11.8 Å². The molecule has 0 unspecified atom stereocenters. The van der Waals surface area contributed by atoms with Crippen molar-refractivity contribution >= 4 is 11.8 Å². The van der Waals surface area contributed by atoms with Gasteiger partial charge in [0.15, 0.2) is 11.0 Å². The largest absolute Gasteiger partial charge is 0.396 e. The van der Waals surface area contributed by atoms with Crippen LogP contribution in [0.1, 0.15) is 6.42 Å². The molecule has 0 radical (unpaired) electrons. The van der Waals surface area contributed by atoms with Crippen molar-refractivity contribution in [2.45, 2.75) is 11.6 Å². The standard InChI is InChI=1S/C16H16N4OS/c21-11-4-12-22-16-19-18-15(13-7-9-17-10-8-13)20(16)14-5-2-1-3-6-14/h1-3,5-10,21H,4,11-12H2. The lowest BCUT2D eigenvalue weighted by Crippen LogP contribution is -2.00. The predicted octanol–water partition coefficient (Wildman–Crippen LogP) is 2.80. The van der Waals surface area contributed by atoms with Crippen molar-refractivity contribution in [1.82, 2.24) is 19.7 Å². The lowest BCUT2D eigenvalue weighted by molar-refractivity contribution is 0.296. The third-order valence-corrected chi connectivity index (χ3v) is 4.14. The molecule has 1 N–H and O–H groups in total. The fourth-order valence-electron chi connectivity index (χ4n) is 2.09. The van der Waals surface area contributed by atoms with Crippen molar-refractivity contribution in [1.29, 1.82) is 0 Å². The number of pyridine rings is 1. The second-order valence-electron chi connectivity index (χ2n) is 4.64. The molecule has 2 aromatic heterocycles. The third kappa shape index (κ3) is 3.18. The summed E-state index contributed by atoms with van der Waals surface area (Å²) in [6.07, 6.45) is 4.23. The van der Waals surface area contributed by atoms with Gasteiger partial charge in [-0.3, -0.25) is 9.55 Å². The minimum absolute atomic E-state index is 0.184. The minimum atomic E-state index is 0.184. The first kappa shape index (κ1) is 14.7. The molecular formula is C16H16N4OS. The normalized spacial score (nSPS) is 10.8. The molecule has 0 bridgehead atoms. The molecule has 0 saturated carbocycles. The van der Waals surface area contributed by atoms with Crippen molar-refractivity contribution in [3.8, 4) is 17.1 Å². The Morgan fingerprint density at radius 2 is 1.77 bits per heavy atom. The van der Waals surface area contributed by atoms with Crippen LogP contribution in [-0.2, 0) is 0 Å². The molecule has 3 rings (SSSR count). The average molecular weight is 312 g/mol. The van der Waals surface area contributed by atoms with Crippen molar-refractivity contribution in [3.05, 3.63) is 54.9 Å². The number of nitrogens with zero attached hydrogens (tertiary/aromatic N) is 4. The van der Waals surface area contributed by atoms with Gasteiger partial charge in [-0.05, 0) is 30.7 Å². The predicted molar refractivity (Wildman–Crippen MR) is 87.0 cm³/mol. The SMILES string of the molecule is OCCCSc1nnc(-c2ccncc2)n1-c1ccccc1. The van der Waals surface area contributed by atoms with Gasteiger partial charge in [0.25, 0.3) is 0 Å². The fourth-order valence-corrected chi connectivity index (χ4v) is 2.96. The Kier molecular flexibility index (Phi) is 4.82. The van der Waals surface area contributed by atoms with Crippen LogP contribution in [0.15, 0.2) is 60.0 Å². The summed E-state index contributed by atoms with van der Waals surface area (Å²) >= 11 is 1.60. The van der Waals surface area contributed by atoms with Crippen LogP contribution in [-0.4, -0.2) is 37.2 Å². The van der Waals surface area contributed by atoms with Gasteiger partial charge < -0.3 is 5.11 Å². The highest BCUT2D eigenvalue weighted by atomic mass is 32.2. The number of para-hydroxylation sites is 1. The molecule has 0 spiro atoms. The van der Waals surface area contributed by atoms with E-state index in [2.05, 4.69) is 15.2 Å². The highest BCUT2D eigenvalue weighted by molar-refractivity contribution is 7.99. The monoisotopic (exact) mass is 312 g/mol. The Balaban J connectivity index is 2.04. The van der Waals surface area contributed by atoms with E-state index in [9.17, 15) is 0 Å². The number of aliphatic hydroxyl groups excluding tert-OH is 1. The molecular weight excluding hydrogens is 296 g/mol. The van der Waals surface area contributed by atoms with Crippen LogP contribution in [0.25, 0.3) is 17.1 Å². The van der Waals surface area contributed by atoms with Gasteiger partial charge in [0.1, 0.15) is 0 Å². The summed E-state index contributed by atoms with van der Waals surface area (Å²) in [6, 6.07) is 13.9. The molecule has 0 amide bonds. The smallest absolute Gasteiger partial charge is 0.196 e. The molecule has 3 aromatic rings. The Bertz CT molecular complexity index is 716. The number of hydrogen-bond acceptors (Lipinski definition) is 5. The van der Waals surface area contributed by atoms with E-state index in [1.807, 2.05) is 47.0 Å². The first-order valence-electron chi connectivity index (χ1n) is 7.05. The number of aliphatic hydroxyl groups is 1. The second-order valence-corrected chi connectivity index (χ2v) is 5.70. The van der Waals surface area contributed by atoms with E-state index >= 15 is 0 Å². The van der Waals surface area contributed by atoms with Gasteiger partial charge in [0.05, 0.1) is 0 Å². The highest BCUT2D eigenvalue weighted by Crippen LogP contribution is 2.27. The van der Waals surface area contributed by atoms with Crippen LogP contribution in [0.3, 0.4) is 0 Å². The zero-order chi connectivity index (χ0) is 15.2. The van der Waals surface area contributed by atoms with Gasteiger partial charge in [-0.15, -0.1) is 10.2 Å². The number of aromatic nitrogens is 4. The quantitative estimate of drug-likeness (QED) is 0.560. The summed E-state index contributed by atoms with van der Waals surface area (Å²) in [5, 5.41) is 18.4. The van der Waals surface area contributed by atoms with E-state index in [4.69, 9.17) is 5.11 Å². The van der Waals surface area contributed by atoms with Crippen LogP contribution in [0, 0.1) is 0 Å². The molecule has 0 atom stereocenters. The number of thioether (sulfide) groups is 1. The van der Waals surface area contributed by atoms with Gasteiger partial charge in [-0.1, -0.05) is 30.0 Å². The topological polar surface area (TPSA) is 63.8 Å². The van der Waals surface area contributed by atoms with Crippen LogP contribution in [0.4, 0.5) is 0 Å². The van der Waals surface area contributed by atoms with Gasteiger partial charge in [0, 0.05) is 36.0 Å². The lowest BCUT2D eigenvalue weighted by atomic mass is 10.2. The summed E-state index contributed by atoms with van der Waals surface area (Å²) in [6.45, 7) is 0.184. The second kappa shape index (κ2) is 7.20. The Morgan fingerprint density at radius 1 is 1.00 bits per heavy atom. The van der Waals surface area contributed by atoms with E-state index in [0.717, 1.165) is 34.4 Å². The molecule has 2 heterocycles. The molecule has 1 aromatic carbocycles. The van der Waals surface area contributed by atoms with E-state index in [-0.39, 0.29) is 6.61 Å². The van der Waals surface area contributed by atoms with Crippen LogP contribution in [0.2, 0.25) is 0 Å². The first-order valence-corrected chi connectivity index (χ1v) is 8.03. The minimum Gasteiger partial charge on any atom is -0.396 e. The summed E-state index contributed by atoms with van der Waals surface area (Å²) in [5.74, 6) is 1.60. The van der Waals surface area contributed by atoms with Gasteiger partial charge in [-0.2, -0.15) is 0 Å². The molecule has 0 aliphatic heterocycles. The molecule has 0 aliphatic carbocycles. The molecule has 0 aliphatic rings. The number of rotatable bonds is 6. The average Bonchev–Trinajstić information content (AvgIpc) is 3.01. The Hall–Kier alpha value is -2.18. The Morgan fingerprint density at radius 3 is 2.50 bits per heavy atom. The Labute approximate surface area is 133 Å². The summed E-state index contributed by atoms with van der Waals surface area (Å²) in [4.78, 5) is 4.05. The van der Waals surface area contributed by atoms with E-state index in [1.54, 1.807) is 24.2 Å². The lowest BCUT2D eigenvalue weighted by Gasteiger charge is -2.09. The van der Waals surface area contributed by atoms with E-state index in [0.29, 0.717) is 0 Å². The molecule has 112 valence electrons. The molecule has 22 heavy (non-hydrogen) atoms. The van der Waals surface area contributed by atoms with Crippen molar-refractivity contribution in [3.63, 3.8) is 0 Å². The number of benzene rings is 1. The molecule has 0 saturated heterocycles. The van der Waals surface area contributed by atoms with Gasteiger partial charge >= 0.3 is 0 Å². The van der Waals surface area contributed by atoms with E-state index < -0.39 is 0 Å². The summed E-state index contributed by atoms with van der Waals surface area (Å²) in [7, 11) is 0. The van der Waals surface area contributed by atoms with Gasteiger partial charge in [-0.25, -0.2) is 0 Å². The number of hydrogen-bond donors (Lipinski definition) is 1. The maximum absolute atomic E-state index is 8.95. The fraction of sp³-hybridized carbons (Fsp3) is 0.188. The van der Waals surface area contributed by atoms with Gasteiger partial charge in [0.2, 0.25) is 0 Å². The molecule has 6 heteroatoms. The summed E-state index contributed by atoms with van der Waals surface area (Å²) < 4.78 is 2.04. The zero-order valence-electron chi connectivity index (χ0n) is 12.0. The molecule has 0 fully saturated rings. The molecule has 5 nitrogen and oxygen atoms in total. The highest BCUT2D eigenvalue weighted by Gasteiger charge is 2.15. The van der Waals surface area contributed by atoms with Crippen LogP contribution in [0.5, 0.6) is 0 Å². The zero-order valence-corrected chi connectivity index (χ0v) is 12.8.